The van der Waals surface area contributed by atoms with Gasteiger partial charge in [0.25, 0.3) is 5.91 Å². The van der Waals surface area contributed by atoms with Crippen LogP contribution in [0.1, 0.15) is 28.4 Å². The zero-order valence-corrected chi connectivity index (χ0v) is 13.9. The van der Waals surface area contributed by atoms with Gasteiger partial charge in [-0.3, -0.25) is 9.59 Å². The summed E-state index contributed by atoms with van der Waals surface area (Å²) in [6.45, 7) is 4.02. The van der Waals surface area contributed by atoms with Crippen molar-refractivity contribution >= 4 is 29.1 Å². The maximum absolute atomic E-state index is 12.4. The van der Waals surface area contributed by atoms with Crippen LogP contribution in [-0.4, -0.2) is 17.2 Å². The zero-order valence-electron chi connectivity index (χ0n) is 13.1. The quantitative estimate of drug-likeness (QED) is 0.824. The standard InChI is InChI=1S/C18H19ClN2O2/c1-12-7-9-14(10-8-12)11-20-18(23)15-5-3-4-6-16(15)21-17(22)13(2)19/h3-10,13H,11H2,1-2H3,(H,20,23)(H,21,22)/t13-/m0/s1. The molecule has 0 aliphatic heterocycles. The Kier molecular flexibility index (Phi) is 5.77. The van der Waals surface area contributed by atoms with Gasteiger partial charge in [0.15, 0.2) is 0 Å². The van der Waals surface area contributed by atoms with Gasteiger partial charge in [-0.15, -0.1) is 11.6 Å². The maximum Gasteiger partial charge on any atom is 0.253 e. The van der Waals surface area contributed by atoms with Crippen LogP contribution in [0.5, 0.6) is 0 Å². The van der Waals surface area contributed by atoms with E-state index in [-0.39, 0.29) is 11.8 Å². The summed E-state index contributed by atoms with van der Waals surface area (Å²) in [5, 5.41) is 4.85. The average molecular weight is 331 g/mol. The van der Waals surface area contributed by atoms with Gasteiger partial charge in [-0.2, -0.15) is 0 Å². The number of alkyl halides is 1. The molecule has 0 aliphatic rings. The smallest absolute Gasteiger partial charge is 0.253 e. The zero-order chi connectivity index (χ0) is 16.8. The summed E-state index contributed by atoms with van der Waals surface area (Å²) in [7, 11) is 0. The summed E-state index contributed by atoms with van der Waals surface area (Å²) in [5.41, 5.74) is 3.04. The van der Waals surface area contributed by atoms with Gasteiger partial charge in [0.1, 0.15) is 5.38 Å². The molecule has 0 heterocycles. The second kappa shape index (κ2) is 7.79. The van der Waals surface area contributed by atoms with E-state index in [9.17, 15) is 9.59 Å². The van der Waals surface area contributed by atoms with Gasteiger partial charge in [-0.05, 0) is 31.5 Å². The largest absolute Gasteiger partial charge is 0.348 e. The Morgan fingerprint density at radius 3 is 2.39 bits per heavy atom. The van der Waals surface area contributed by atoms with Gasteiger partial charge in [0, 0.05) is 6.54 Å². The van der Waals surface area contributed by atoms with Crippen LogP contribution in [-0.2, 0) is 11.3 Å². The highest BCUT2D eigenvalue weighted by atomic mass is 35.5. The van der Waals surface area contributed by atoms with Gasteiger partial charge in [0.2, 0.25) is 5.91 Å². The van der Waals surface area contributed by atoms with Crippen molar-refractivity contribution in [3.63, 3.8) is 0 Å². The molecule has 2 aromatic carbocycles. The van der Waals surface area contributed by atoms with Crippen molar-refractivity contribution < 1.29 is 9.59 Å². The number of hydrogen-bond donors (Lipinski definition) is 2. The Morgan fingerprint density at radius 1 is 1.09 bits per heavy atom. The van der Waals surface area contributed by atoms with Crippen molar-refractivity contribution in [2.75, 3.05) is 5.32 Å². The lowest BCUT2D eigenvalue weighted by Crippen LogP contribution is -2.26. The average Bonchev–Trinajstić information content (AvgIpc) is 2.54. The van der Waals surface area contributed by atoms with Gasteiger partial charge >= 0.3 is 0 Å². The van der Waals surface area contributed by atoms with E-state index in [2.05, 4.69) is 10.6 Å². The molecule has 0 radical (unpaired) electrons. The number of para-hydroxylation sites is 1. The molecule has 0 spiro atoms. The van der Waals surface area contributed by atoms with E-state index in [0.717, 1.165) is 5.56 Å². The molecule has 4 nitrogen and oxygen atoms in total. The number of nitrogens with one attached hydrogen (secondary N) is 2. The third kappa shape index (κ3) is 4.83. The van der Waals surface area contributed by atoms with E-state index in [1.807, 2.05) is 31.2 Å². The molecular formula is C18H19ClN2O2. The third-order valence-electron chi connectivity index (χ3n) is 3.36. The van der Waals surface area contributed by atoms with Crippen LogP contribution in [0, 0.1) is 6.92 Å². The summed E-state index contributed by atoms with van der Waals surface area (Å²) in [6.07, 6.45) is 0. The molecule has 1 atom stereocenters. The predicted octanol–water partition coefficient (Wildman–Crippen LogP) is 3.49. The van der Waals surface area contributed by atoms with Crippen LogP contribution in [0.4, 0.5) is 5.69 Å². The summed E-state index contributed by atoms with van der Waals surface area (Å²) in [6, 6.07) is 14.8. The lowest BCUT2D eigenvalue weighted by atomic mass is 10.1. The summed E-state index contributed by atoms with van der Waals surface area (Å²) < 4.78 is 0. The fraction of sp³-hybridized carbons (Fsp3) is 0.222. The maximum atomic E-state index is 12.4. The van der Waals surface area contributed by atoms with Gasteiger partial charge in [-0.25, -0.2) is 0 Å². The first-order chi connectivity index (χ1) is 11.0. The van der Waals surface area contributed by atoms with Gasteiger partial charge < -0.3 is 10.6 Å². The highest BCUT2D eigenvalue weighted by Gasteiger charge is 2.15. The molecule has 2 aromatic rings. The summed E-state index contributed by atoms with van der Waals surface area (Å²) in [5.74, 6) is -0.589. The van der Waals surface area contributed by atoms with Crippen molar-refractivity contribution in [1.29, 1.82) is 0 Å². The molecule has 2 rings (SSSR count). The number of rotatable bonds is 5. The number of amides is 2. The molecule has 0 saturated heterocycles. The van der Waals surface area contributed by atoms with Crippen molar-refractivity contribution in [1.82, 2.24) is 5.32 Å². The SMILES string of the molecule is Cc1ccc(CNC(=O)c2ccccc2NC(=O)[C@H](C)Cl)cc1. The first-order valence-electron chi connectivity index (χ1n) is 7.35. The molecule has 5 heteroatoms. The first kappa shape index (κ1) is 17.0. The van der Waals surface area contributed by atoms with Gasteiger partial charge in [-0.1, -0.05) is 42.0 Å². The van der Waals surface area contributed by atoms with Crippen LogP contribution in [0.3, 0.4) is 0 Å². The second-order valence-electron chi connectivity index (χ2n) is 5.32. The number of hydrogen-bond acceptors (Lipinski definition) is 2. The number of halogens is 1. The van der Waals surface area contributed by atoms with Crippen LogP contribution in [0.15, 0.2) is 48.5 Å². The van der Waals surface area contributed by atoms with Crippen molar-refractivity contribution in [3.05, 3.63) is 65.2 Å². The molecule has 23 heavy (non-hydrogen) atoms. The predicted molar refractivity (Wildman–Crippen MR) is 92.7 cm³/mol. The van der Waals surface area contributed by atoms with Crippen LogP contribution >= 0.6 is 11.6 Å². The summed E-state index contributed by atoms with van der Waals surface area (Å²) in [4.78, 5) is 24.1. The number of benzene rings is 2. The molecule has 2 amide bonds. The van der Waals surface area contributed by atoms with E-state index in [0.29, 0.717) is 17.8 Å². The number of carbonyl (C=O) groups excluding carboxylic acids is 2. The van der Waals surface area contributed by atoms with E-state index < -0.39 is 5.38 Å². The highest BCUT2D eigenvalue weighted by Crippen LogP contribution is 2.16. The number of carbonyl (C=O) groups is 2. The number of anilines is 1. The molecule has 0 aromatic heterocycles. The van der Waals surface area contributed by atoms with Gasteiger partial charge in [0.05, 0.1) is 11.3 Å². The Morgan fingerprint density at radius 2 is 1.74 bits per heavy atom. The Labute approximate surface area is 140 Å². The highest BCUT2D eigenvalue weighted by molar-refractivity contribution is 6.32. The van der Waals surface area contributed by atoms with Crippen molar-refractivity contribution in [2.45, 2.75) is 25.8 Å². The molecule has 0 saturated carbocycles. The molecule has 0 unspecified atom stereocenters. The minimum atomic E-state index is -0.668. The first-order valence-corrected chi connectivity index (χ1v) is 7.78. The minimum absolute atomic E-state index is 0.247. The fourth-order valence-electron chi connectivity index (χ4n) is 2.01. The molecular weight excluding hydrogens is 312 g/mol. The molecule has 0 bridgehead atoms. The van der Waals surface area contributed by atoms with Crippen molar-refractivity contribution in [3.8, 4) is 0 Å². The molecule has 0 fully saturated rings. The molecule has 0 aliphatic carbocycles. The topological polar surface area (TPSA) is 58.2 Å². The van der Waals surface area contributed by atoms with Crippen LogP contribution < -0.4 is 10.6 Å². The third-order valence-corrected chi connectivity index (χ3v) is 3.56. The Balaban J connectivity index is 2.07. The van der Waals surface area contributed by atoms with Crippen molar-refractivity contribution in [2.24, 2.45) is 0 Å². The Bertz CT molecular complexity index is 696. The molecule has 120 valence electrons. The fourth-order valence-corrected chi connectivity index (χ4v) is 2.06. The Hall–Kier alpha value is -2.33. The lowest BCUT2D eigenvalue weighted by Gasteiger charge is -2.12. The van der Waals surface area contributed by atoms with Crippen LogP contribution in [0.25, 0.3) is 0 Å². The van der Waals surface area contributed by atoms with Crippen LogP contribution in [0.2, 0.25) is 0 Å². The normalized spacial score (nSPS) is 11.6. The second-order valence-corrected chi connectivity index (χ2v) is 5.97. The molecule has 2 N–H and O–H groups in total. The minimum Gasteiger partial charge on any atom is -0.348 e. The van der Waals surface area contributed by atoms with E-state index in [1.54, 1.807) is 31.2 Å². The van der Waals surface area contributed by atoms with E-state index in [1.165, 1.54) is 5.56 Å². The van der Waals surface area contributed by atoms with E-state index in [4.69, 9.17) is 11.6 Å². The summed E-state index contributed by atoms with van der Waals surface area (Å²) >= 11 is 5.75. The number of aryl methyl sites for hydroxylation is 1. The monoisotopic (exact) mass is 330 g/mol. The lowest BCUT2D eigenvalue weighted by molar-refractivity contribution is -0.115. The van der Waals surface area contributed by atoms with E-state index >= 15 is 0 Å².